The predicted molar refractivity (Wildman–Crippen MR) is 229 cm³/mol. The Kier molecular flexibility index (Phi) is 15.9. The average molecular weight is 872 g/mol. The van der Waals surface area contributed by atoms with Crippen molar-refractivity contribution in [2.24, 2.45) is 0 Å². The molecule has 0 nitrogen and oxygen atoms in total. The van der Waals surface area contributed by atoms with Crippen LogP contribution in [0.25, 0.3) is 33.4 Å². The molecule has 0 aliphatic heterocycles. The Morgan fingerprint density at radius 1 is 0.625 bits per heavy atom. The van der Waals surface area contributed by atoms with Gasteiger partial charge in [0, 0.05) is 0 Å². The van der Waals surface area contributed by atoms with Crippen molar-refractivity contribution in [3.8, 4) is 33.4 Å². The molecule has 0 bridgehead atoms. The van der Waals surface area contributed by atoms with E-state index in [9.17, 15) is 0 Å². The van der Waals surface area contributed by atoms with Crippen LogP contribution in [0.1, 0.15) is 86.9 Å². The van der Waals surface area contributed by atoms with Gasteiger partial charge in [-0.2, -0.15) is 6.08 Å². The third-order valence-electron chi connectivity index (χ3n) is 9.86. The molecule has 8 rings (SSSR count). The first kappa shape index (κ1) is 45.1. The summed E-state index contributed by atoms with van der Waals surface area (Å²) in [6, 6.07) is 49.5. The summed E-state index contributed by atoms with van der Waals surface area (Å²) in [4.78, 5) is 0. The van der Waals surface area contributed by atoms with Gasteiger partial charge in [0.05, 0.1) is 0 Å². The average Bonchev–Trinajstić information content (AvgIpc) is 3.86. The smallest absolute Gasteiger partial charge is 0.109 e. The van der Waals surface area contributed by atoms with Gasteiger partial charge < -0.3 is 24.8 Å². The van der Waals surface area contributed by atoms with Crippen LogP contribution >= 0.6 is 11.6 Å². The summed E-state index contributed by atoms with van der Waals surface area (Å²) in [5.41, 5.74) is 17.3. The Bertz CT molecular complexity index is 2190. The van der Waals surface area contributed by atoms with Crippen LogP contribution in [0.15, 0.2) is 146 Å². The van der Waals surface area contributed by atoms with E-state index < -0.39 is 0 Å². The molecule has 6 aromatic rings. The van der Waals surface area contributed by atoms with Crippen LogP contribution in [0.3, 0.4) is 0 Å². The van der Waals surface area contributed by atoms with Crippen LogP contribution < -0.4 is 24.8 Å². The number of benzene rings is 6. The second kappa shape index (κ2) is 19.7. The van der Waals surface area contributed by atoms with E-state index in [1.165, 1.54) is 99.8 Å². The monoisotopic (exact) mass is 868 g/mol. The Labute approximate surface area is 368 Å². The topological polar surface area (TPSA) is 0 Å². The summed E-state index contributed by atoms with van der Waals surface area (Å²) >= 11 is 7.40. The Balaban J connectivity index is 0.000000252. The number of aryl methyl sites for hydroxylation is 1. The van der Waals surface area contributed by atoms with Crippen LogP contribution in [-0.4, -0.2) is 3.21 Å². The van der Waals surface area contributed by atoms with Gasteiger partial charge in [-0.15, -0.1) is 35.2 Å². The molecule has 0 N–H and O–H groups in total. The van der Waals surface area contributed by atoms with Crippen molar-refractivity contribution in [2.45, 2.75) is 72.1 Å². The molecule has 0 fully saturated rings. The molecule has 0 amide bonds. The Hall–Kier alpha value is -3.58. The zero-order valence-corrected chi connectivity index (χ0v) is 38.1. The van der Waals surface area contributed by atoms with Crippen molar-refractivity contribution in [3.63, 3.8) is 0 Å². The van der Waals surface area contributed by atoms with E-state index in [4.69, 9.17) is 11.6 Å². The Morgan fingerprint density at radius 3 is 1.77 bits per heavy atom. The third-order valence-corrected chi connectivity index (χ3v) is 11.5. The van der Waals surface area contributed by atoms with Crippen molar-refractivity contribution >= 4 is 14.8 Å². The minimum atomic E-state index is 0. The summed E-state index contributed by atoms with van der Waals surface area (Å²) in [5, 5.41) is 0.796. The molecular weight excluding hydrogens is 822 g/mol. The Morgan fingerprint density at radius 2 is 1.23 bits per heavy atom. The van der Waals surface area contributed by atoms with Crippen molar-refractivity contribution in [1.29, 1.82) is 0 Å². The summed E-state index contributed by atoms with van der Waals surface area (Å²) in [5.74, 6) is 0. The van der Waals surface area contributed by atoms with E-state index in [1.807, 2.05) is 30.4 Å². The van der Waals surface area contributed by atoms with Crippen LogP contribution in [0.2, 0.25) is 5.02 Å². The molecule has 0 spiro atoms. The molecule has 0 atom stereocenters. The van der Waals surface area contributed by atoms with E-state index in [0.29, 0.717) is 0 Å². The molecular formula is C52H49Cl3Zr-2. The maximum Gasteiger partial charge on any atom is -0.109 e. The second-order valence-electron chi connectivity index (χ2n) is 16.2. The van der Waals surface area contributed by atoms with E-state index in [1.54, 1.807) is 0 Å². The van der Waals surface area contributed by atoms with Gasteiger partial charge in [0.15, 0.2) is 0 Å². The number of allylic oxidation sites excluding steroid dienone is 4. The molecule has 0 heterocycles. The standard InChI is InChI=1S/C33H33.C14H11Cl.C5H5.2ClH.Zr/c1-32(2,3)30-20-26-24(18-28(30)22-13-9-7-10-14-22)17-25-19-29(23-15-11-8-12-16-23)31(21-27(25)26)33(4,5)6;1-11-5-7-12(8-6-11)9-13-3-2-4-14(15)10-13;1-2-4-5-3-1;;;/h7-16,18,20-21H,17H2,1-6H3;2-8,10H,1H3;1-3H,4H2;2*1H;/q-1;;-1;;;+2/p-2. The van der Waals surface area contributed by atoms with E-state index in [-0.39, 0.29) is 35.6 Å². The van der Waals surface area contributed by atoms with Crippen LogP contribution in [-0.2, 0) is 41.5 Å². The summed E-state index contributed by atoms with van der Waals surface area (Å²) < 4.78 is 1.34. The van der Waals surface area contributed by atoms with Crippen LogP contribution in [0.4, 0.5) is 0 Å². The third kappa shape index (κ3) is 11.1. The number of fused-ring (bicyclic) bond motifs is 3. The molecule has 284 valence electrons. The molecule has 2 aliphatic carbocycles. The molecule has 0 unspecified atom stereocenters. The van der Waals surface area contributed by atoms with Gasteiger partial charge in [0.2, 0.25) is 0 Å². The summed E-state index contributed by atoms with van der Waals surface area (Å²) in [6.07, 6.45) is 10.9. The normalized spacial score (nSPS) is 12.2. The number of hydrogen-bond donors (Lipinski definition) is 0. The predicted octanol–water partition coefficient (Wildman–Crippen LogP) is 8.06. The molecule has 0 saturated carbocycles. The maximum absolute atomic E-state index is 6.00. The molecule has 0 radical (unpaired) electrons. The van der Waals surface area contributed by atoms with Crippen molar-refractivity contribution in [1.82, 2.24) is 0 Å². The molecule has 56 heavy (non-hydrogen) atoms. The van der Waals surface area contributed by atoms with Gasteiger partial charge in [-0.1, -0.05) is 131 Å². The van der Waals surface area contributed by atoms with Gasteiger partial charge in [-0.05, 0) is 39.5 Å². The van der Waals surface area contributed by atoms with E-state index >= 15 is 0 Å². The molecule has 0 saturated heterocycles. The maximum atomic E-state index is 6.00. The number of hydrogen-bond acceptors (Lipinski definition) is 0. The largest absolute Gasteiger partial charge is 1.00 e. The van der Waals surface area contributed by atoms with Gasteiger partial charge in [0.25, 0.3) is 0 Å². The fourth-order valence-corrected chi connectivity index (χ4v) is 7.96. The number of rotatable bonds is 4. The minimum absolute atomic E-state index is 0. The summed E-state index contributed by atoms with van der Waals surface area (Å²) in [7, 11) is 0. The van der Waals surface area contributed by atoms with Crippen LogP contribution in [0.5, 0.6) is 0 Å². The van der Waals surface area contributed by atoms with Crippen LogP contribution in [0, 0.1) is 19.1 Å². The van der Waals surface area contributed by atoms with Gasteiger partial charge >= 0.3 is 116 Å². The zero-order chi connectivity index (χ0) is 38.5. The van der Waals surface area contributed by atoms with E-state index in [2.05, 4.69) is 176 Å². The minimum Gasteiger partial charge on any atom is -1.00 e. The van der Waals surface area contributed by atoms with Gasteiger partial charge in [-0.25, -0.2) is 12.2 Å². The molecule has 0 aromatic heterocycles. The quantitative estimate of drug-likeness (QED) is 0.157. The first-order chi connectivity index (χ1) is 25.8. The zero-order valence-electron chi connectivity index (χ0n) is 33.4. The van der Waals surface area contributed by atoms with Crippen molar-refractivity contribution in [2.75, 3.05) is 0 Å². The fourth-order valence-electron chi connectivity index (χ4n) is 6.97. The second-order valence-corrected chi connectivity index (χ2v) is 17.8. The van der Waals surface area contributed by atoms with Gasteiger partial charge in [0.1, 0.15) is 0 Å². The SMILES string of the molecule is CC(C)(C)c1cc2c([c-]c1-c1ccccc1)Cc1cc(-c3ccccc3)c(C(C)(C)C)cc1-2.Cc1ccc([C](=[Zr+2])c2cccc(Cl)c2)cc1.[C-]1=CC=CC1.[Cl-].[Cl-]. The van der Waals surface area contributed by atoms with Crippen molar-refractivity contribution in [3.05, 3.63) is 202 Å². The first-order valence-electron chi connectivity index (χ1n) is 18.8. The molecule has 4 heteroatoms. The van der Waals surface area contributed by atoms with Crippen molar-refractivity contribution < 1.29 is 49.0 Å². The first-order valence-corrected chi connectivity index (χ1v) is 20.4. The number of halogens is 3. The fraction of sp³-hybridized carbons (Fsp3) is 0.212. The van der Waals surface area contributed by atoms with Gasteiger partial charge in [-0.3, -0.25) is 6.08 Å². The summed E-state index contributed by atoms with van der Waals surface area (Å²) in [6.45, 7) is 16.0. The molecule has 2 aliphatic rings. The molecule has 6 aromatic carbocycles. The van der Waals surface area contributed by atoms with E-state index in [0.717, 1.165) is 17.9 Å².